The van der Waals surface area contributed by atoms with Gasteiger partial charge in [-0.3, -0.25) is 0 Å². The predicted molar refractivity (Wildman–Crippen MR) is 124 cm³/mol. The van der Waals surface area contributed by atoms with Crippen LogP contribution < -0.4 is 0 Å². The number of esters is 1. The van der Waals surface area contributed by atoms with Crippen molar-refractivity contribution in [1.29, 1.82) is 0 Å². The molecule has 0 amide bonds. The number of benzene rings is 1. The topological polar surface area (TPSA) is 26.3 Å². The first-order chi connectivity index (χ1) is 14.7. The molecule has 2 aliphatic carbocycles. The van der Waals surface area contributed by atoms with E-state index >= 15 is 0 Å². The molecule has 0 saturated heterocycles. The zero-order valence-electron chi connectivity index (χ0n) is 19.3. The summed E-state index contributed by atoms with van der Waals surface area (Å²) in [5.41, 5.74) is 3.31. The van der Waals surface area contributed by atoms with Crippen molar-refractivity contribution < 1.29 is 9.53 Å². The number of hydrogen-bond donors (Lipinski definition) is 0. The average Bonchev–Trinajstić information content (AvgIpc) is 2.79. The SMILES string of the molecule is CCCC1CCC(C2CCC(CCc3ccc4c(c3)C(=O)OC(CC)C4)CC2)CC1. The first-order valence-corrected chi connectivity index (χ1v) is 13.0. The lowest BCUT2D eigenvalue weighted by Gasteiger charge is -2.38. The van der Waals surface area contributed by atoms with Crippen LogP contribution in [0.25, 0.3) is 0 Å². The van der Waals surface area contributed by atoms with Gasteiger partial charge in [0.05, 0.1) is 5.56 Å². The summed E-state index contributed by atoms with van der Waals surface area (Å²) < 4.78 is 5.56. The van der Waals surface area contributed by atoms with Gasteiger partial charge in [-0.1, -0.05) is 64.5 Å². The second kappa shape index (κ2) is 10.3. The molecule has 0 bridgehead atoms. The Balaban J connectivity index is 1.22. The van der Waals surface area contributed by atoms with E-state index in [1.807, 2.05) is 0 Å². The van der Waals surface area contributed by atoms with E-state index in [1.165, 1.54) is 81.8 Å². The van der Waals surface area contributed by atoms with Crippen molar-refractivity contribution in [2.75, 3.05) is 0 Å². The summed E-state index contributed by atoms with van der Waals surface area (Å²) in [7, 11) is 0. The largest absolute Gasteiger partial charge is 0.458 e. The Morgan fingerprint density at radius 3 is 2.10 bits per heavy atom. The van der Waals surface area contributed by atoms with Crippen LogP contribution in [-0.4, -0.2) is 12.1 Å². The zero-order chi connectivity index (χ0) is 20.9. The van der Waals surface area contributed by atoms with Gasteiger partial charge in [-0.2, -0.15) is 0 Å². The molecular weight excluding hydrogens is 368 g/mol. The molecule has 1 unspecified atom stereocenters. The van der Waals surface area contributed by atoms with Crippen LogP contribution in [0.5, 0.6) is 0 Å². The third-order valence-corrected chi connectivity index (χ3v) is 8.56. The van der Waals surface area contributed by atoms with Gasteiger partial charge in [-0.05, 0) is 85.8 Å². The van der Waals surface area contributed by atoms with Crippen molar-refractivity contribution in [3.8, 4) is 0 Å². The smallest absolute Gasteiger partial charge is 0.338 e. The molecular formula is C28H42O2. The van der Waals surface area contributed by atoms with E-state index in [2.05, 4.69) is 32.0 Å². The summed E-state index contributed by atoms with van der Waals surface area (Å²) in [6, 6.07) is 6.55. The minimum Gasteiger partial charge on any atom is -0.458 e. The van der Waals surface area contributed by atoms with Gasteiger partial charge in [-0.25, -0.2) is 4.79 Å². The minimum atomic E-state index is -0.112. The van der Waals surface area contributed by atoms with E-state index in [9.17, 15) is 4.79 Å². The van der Waals surface area contributed by atoms with Crippen molar-refractivity contribution >= 4 is 5.97 Å². The number of rotatable bonds is 7. The molecule has 30 heavy (non-hydrogen) atoms. The molecule has 1 aromatic carbocycles. The maximum atomic E-state index is 12.3. The highest BCUT2D eigenvalue weighted by molar-refractivity contribution is 5.92. The van der Waals surface area contributed by atoms with E-state index < -0.39 is 0 Å². The second-order valence-electron chi connectivity index (χ2n) is 10.5. The molecule has 3 aliphatic rings. The number of aryl methyl sites for hydroxylation is 1. The fourth-order valence-electron chi connectivity index (χ4n) is 6.55. The van der Waals surface area contributed by atoms with Gasteiger partial charge in [-0.15, -0.1) is 0 Å². The molecule has 0 spiro atoms. The third-order valence-electron chi connectivity index (χ3n) is 8.56. The van der Waals surface area contributed by atoms with Crippen LogP contribution in [0, 0.1) is 23.7 Å². The number of carbonyl (C=O) groups is 1. The summed E-state index contributed by atoms with van der Waals surface area (Å²) >= 11 is 0. The number of hydrogen-bond acceptors (Lipinski definition) is 2. The molecule has 1 heterocycles. The fourth-order valence-corrected chi connectivity index (χ4v) is 6.55. The normalized spacial score (nSPS) is 31.8. The molecule has 4 rings (SSSR count). The van der Waals surface area contributed by atoms with Crippen molar-refractivity contribution in [3.05, 3.63) is 34.9 Å². The van der Waals surface area contributed by atoms with Crippen molar-refractivity contribution in [1.82, 2.24) is 0 Å². The maximum absolute atomic E-state index is 12.3. The van der Waals surface area contributed by atoms with E-state index in [-0.39, 0.29) is 12.1 Å². The number of cyclic esters (lactones) is 1. The molecule has 0 aromatic heterocycles. The van der Waals surface area contributed by atoms with Crippen LogP contribution in [0.15, 0.2) is 18.2 Å². The van der Waals surface area contributed by atoms with E-state index in [4.69, 9.17) is 4.74 Å². The Bertz CT molecular complexity index is 693. The van der Waals surface area contributed by atoms with Crippen LogP contribution in [0.4, 0.5) is 0 Å². The fraction of sp³-hybridized carbons (Fsp3) is 0.750. The third kappa shape index (κ3) is 5.29. The number of carbonyl (C=O) groups excluding carboxylic acids is 1. The highest BCUT2D eigenvalue weighted by Crippen LogP contribution is 2.43. The molecule has 166 valence electrons. The first kappa shape index (κ1) is 21.9. The molecule has 2 fully saturated rings. The summed E-state index contributed by atoms with van der Waals surface area (Å²) in [5, 5.41) is 0. The van der Waals surface area contributed by atoms with Crippen LogP contribution in [0.3, 0.4) is 0 Å². The maximum Gasteiger partial charge on any atom is 0.338 e. The Kier molecular flexibility index (Phi) is 7.55. The molecule has 0 N–H and O–H groups in total. The molecule has 1 atom stereocenters. The standard InChI is InChI=1S/C28H42O2/c1-3-5-20-8-13-23(14-9-20)24-15-10-21(11-16-24)6-7-22-12-17-25-19-26(4-2)30-28(29)27(25)18-22/h12,17-18,20-21,23-24,26H,3-11,13-16,19H2,1-2H3. The number of fused-ring (bicyclic) bond motifs is 1. The van der Waals surface area contributed by atoms with E-state index in [0.29, 0.717) is 0 Å². The summed E-state index contributed by atoms with van der Waals surface area (Å²) in [5.74, 6) is 3.83. The van der Waals surface area contributed by atoms with Gasteiger partial charge in [0.1, 0.15) is 6.10 Å². The summed E-state index contributed by atoms with van der Waals surface area (Å²) in [6.45, 7) is 4.42. The molecule has 1 aliphatic heterocycles. The van der Waals surface area contributed by atoms with Crippen LogP contribution in [0.1, 0.15) is 112 Å². The molecule has 2 heteroatoms. The molecule has 2 saturated carbocycles. The van der Waals surface area contributed by atoms with Crippen LogP contribution in [-0.2, 0) is 17.6 Å². The Hall–Kier alpha value is -1.31. The molecule has 0 radical (unpaired) electrons. The Morgan fingerprint density at radius 1 is 0.867 bits per heavy atom. The lowest BCUT2D eigenvalue weighted by Crippen LogP contribution is -2.27. The highest BCUT2D eigenvalue weighted by atomic mass is 16.5. The van der Waals surface area contributed by atoms with Gasteiger partial charge in [0.15, 0.2) is 0 Å². The lowest BCUT2D eigenvalue weighted by atomic mass is 9.68. The Labute approximate surface area is 184 Å². The quantitative estimate of drug-likeness (QED) is 0.434. The average molecular weight is 411 g/mol. The predicted octanol–water partition coefficient (Wildman–Crippen LogP) is 7.52. The van der Waals surface area contributed by atoms with Crippen LogP contribution >= 0.6 is 0 Å². The van der Waals surface area contributed by atoms with Crippen LogP contribution in [0.2, 0.25) is 0 Å². The first-order valence-electron chi connectivity index (χ1n) is 13.0. The Morgan fingerprint density at radius 2 is 1.50 bits per heavy atom. The van der Waals surface area contributed by atoms with Gasteiger partial charge in [0, 0.05) is 6.42 Å². The minimum absolute atomic E-state index is 0.0627. The zero-order valence-corrected chi connectivity index (χ0v) is 19.3. The second-order valence-corrected chi connectivity index (χ2v) is 10.5. The highest BCUT2D eigenvalue weighted by Gasteiger charge is 2.31. The summed E-state index contributed by atoms with van der Waals surface area (Å²) in [4.78, 5) is 12.3. The van der Waals surface area contributed by atoms with Crippen molar-refractivity contribution in [2.45, 2.75) is 110 Å². The van der Waals surface area contributed by atoms with Gasteiger partial charge < -0.3 is 4.74 Å². The monoisotopic (exact) mass is 410 g/mol. The molecule has 2 nitrogen and oxygen atoms in total. The van der Waals surface area contributed by atoms with Gasteiger partial charge >= 0.3 is 5.97 Å². The van der Waals surface area contributed by atoms with E-state index in [0.717, 1.165) is 48.5 Å². The van der Waals surface area contributed by atoms with Crippen molar-refractivity contribution in [3.63, 3.8) is 0 Å². The number of ether oxygens (including phenoxy) is 1. The lowest BCUT2D eigenvalue weighted by molar-refractivity contribution is 0.0249. The van der Waals surface area contributed by atoms with Gasteiger partial charge in [0.25, 0.3) is 0 Å². The van der Waals surface area contributed by atoms with E-state index in [1.54, 1.807) is 0 Å². The molecule has 1 aromatic rings. The summed E-state index contributed by atoms with van der Waals surface area (Å²) in [6.07, 6.45) is 18.8. The van der Waals surface area contributed by atoms with Gasteiger partial charge in [0.2, 0.25) is 0 Å². The van der Waals surface area contributed by atoms with Crippen molar-refractivity contribution in [2.24, 2.45) is 23.7 Å².